The van der Waals surface area contributed by atoms with Gasteiger partial charge in [-0.25, -0.2) is 8.78 Å². The molecule has 1 spiro atoms. The first-order valence-corrected chi connectivity index (χ1v) is 5.59. The number of likely N-dealkylation sites (tertiary alicyclic amines) is 1. The van der Waals surface area contributed by atoms with E-state index in [9.17, 15) is 13.6 Å². The van der Waals surface area contributed by atoms with Gasteiger partial charge in [0.1, 0.15) is 0 Å². The number of hydrogen-bond donors (Lipinski definition) is 0. The number of carbonyl (C=O) groups excluding carboxylic acids is 1. The summed E-state index contributed by atoms with van der Waals surface area (Å²) in [7, 11) is 0. The molecule has 1 aliphatic carbocycles. The van der Waals surface area contributed by atoms with Crippen molar-refractivity contribution in [3.05, 3.63) is 0 Å². The lowest BCUT2D eigenvalue weighted by Gasteiger charge is -2.58. The smallest absolute Gasteiger partial charge is 0.250 e. The number of carbonyl (C=O) groups is 1. The lowest BCUT2D eigenvalue weighted by atomic mass is 9.65. The minimum absolute atomic E-state index is 0.101. The van der Waals surface area contributed by atoms with Gasteiger partial charge in [0.15, 0.2) is 0 Å². The van der Waals surface area contributed by atoms with Gasteiger partial charge in [-0.05, 0) is 0 Å². The molecule has 5 heteroatoms. The molecule has 90 valence electrons. The van der Waals surface area contributed by atoms with E-state index >= 15 is 0 Å². The Bertz CT molecular complexity index is 336. The highest BCUT2D eigenvalue weighted by Crippen LogP contribution is 2.54. The van der Waals surface area contributed by atoms with Gasteiger partial charge in [0.25, 0.3) is 0 Å². The first kappa shape index (κ1) is 10.4. The van der Waals surface area contributed by atoms with E-state index in [1.165, 1.54) is 0 Å². The summed E-state index contributed by atoms with van der Waals surface area (Å²) in [4.78, 5) is 13.7. The predicted molar refractivity (Wildman–Crippen MR) is 52.1 cm³/mol. The zero-order chi connectivity index (χ0) is 11.6. The van der Waals surface area contributed by atoms with Crippen LogP contribution in [-0.4, -0.2) is 43.0 Å². The largest absolute Gasteiger partial charge is 0.380 e. The third-order valence-corrected chi connectivity index (χ3v) is 3.97. The van der Waals surface area contributed by atoms with Crippen molar-refractivity contribution in [2.75, 3.05) is 26.3 Å². The Hall–Kier alpha value is -0.710. The Morgan fingerprint density at radius 1 is 1.25 bits per heavy atom. The van der Waals surface area contributed by atoms with Gasteiger partial charge in [0.05, 0.1) is 24.0 Å². The van der Waals surface area contributed by atoms with Crippen LogP contribution in [0.25, 0.3) is 0 Å². The van der Waals surface area contributed by atoms with Crippen molar-refractivity contribution >= 4 is 5.91 Å². The molecule has 3 aliphatic rings. The van der Waals surface area contributed by atoms with Crippen LogP contribution in [0.1, 0.15) is 19.8 Å². The third kappa shape index (κ3) is 1.30. The fourth-order valence-electron chi connectivity index (χ4n) is 3.10. The second-order valence-electron chi connectivity index (χ2n) is 5.92. The second kappa shape index (κ2) is 2.75. The summed E-state index contributed by atoms with van der Waals surface area (Å²) in [5.74, 6) is -2.73. The zero-order valence-electron chi connectivity index (χ0n) is 9.26. The number of ether oxygens (including phenoxy) is 1. The van der Waals surface area contributed by atoms with Crippen LogP contribution in [0.5, 0.6) is 0 Å². The summed E-state index contributed by atoms with van der Waals surface area (Å²) >= 11 is 0. The minimum Gasteiger partial charge on any atom is -0.380 e. The van der Waals surface area contributed by atoms with Crippen LogP contribution in [-0.2, 0) is 9.53 Å². The molecule has 0 bridgehead atoms. The number of alkyl halides is 2. The molecule has 1 saturated carbocycles. The van der Waals surface area contributed by atoms with E-state index in [1.807, 2.05) is 0 Å². The molecule has 1 amide bonds. The van der Waals surface area contributed by atoms with E-state index in [1.54, 1.807) is 11.8 Å². The molecule has 0 aromatic rings. The summed E-state index contributed by atoms with van der Waals surface area (Å²) < 4.78 is 30.7. The fraction of sp³-hybridized carbons (Fsp3) is 0.909. The molecule has 0 atom stereocenters. The molecule has 0 aromatic heterocycles. The highest BCUT2D eigenvalue weighted by Gasteiger charge is 2.61. The average molecular weight is 231 g/mol. The zero-order valence-corrected chi connectivity index (χ0v) is 9.26. The second-order valence-corrected chi connectivity index (χ2v) is 5.92. The molecule has 3 rings (SSSR count). The Morgan fingerprint density at radius 2 is 1.81 bits per heavy atom. The normalized spacial score (nSPS) is 32.6. The lowest BCUT2D eigenvalue weighted by molar-refractivity contribution is -0.217. The van der Waals surface area contributed by atoms with Gasteiger partial charge >= 0.3 is 0 Å². The van der Waals surface area contributed by atoms with Gasteiger partial charge in [0.2, 0.25) is 11.8 Å². The van der Waals surface area contributed by atoms with Crippen LogP contribution < -0.4 is 0 Å². The molecule has 2 heterocycles. The quantitative estimate of drug-likeness (QED) is 0.680. The first-order chi connectivity index (χ1) is 7.34. The highest BCUT2D eigenvalue weighted by atomic mass is 19.3. The summed E-state index contributed by atoms with van der Waals surface area (Å²) in [5.41, 5.74) is -0.659. The molecule has 0 unspecified atom stereocenters. The van der Waals surface area contributed by atoms with Crippen molar-refractivity contribution < 1.29 is 18.3 Å². The maximum absolute atomic E-state index is 12.8. The molecule has 0 aromatic carbocycles. The SMILES string of the molecule is CC1(C(=O)N2CC3(COC3)C2)CC(F)(F)C1. The van der Waals surface area contributed by atoms with E-state index in [0.717, 1.165) is 0 Å². The van der Waals surface area contributed by atoms with Crippen LogP contribution in [0, 0.1) is 10.8 Å². The number of halogens is 2. The van der Waals surface area contributed by atoms with Gasteiger partial charge in [-0.3, -0.25) is 4.79 Å². The summed E-state index contributed by atoms with van der Waals surface area (Å²) in [6.45, 7) is 4.45. The predicted octanol–water partition coefficient (Wildman–Crippen LogP) is 1.28. The molecule has 16 heavy (non-hydrogen) atoms. The van der Waals surface area contributed by atoms with Crippen molar-refractivity contribution in [2.24, 2.45) is 10.8 Å². The van der Waals surface area contributed by atoms with E-state index in [4.69, 9.17) is 4.74 Å². The molecular formula is C11H15F2NO2. The van der Waals surface area contributed by atoms with Gasteiger partial charge in [-0.2, -0.15) is 0 Å². The molecule has 2 aliphatic heterocycles. The molecular weight excluding hydrogens is 216 g/mol. The Balaban J connectivity index is 1.59. The van der Waals surface area contributed by atoms with E-state index in [-0.39, 0.29) is 24.2 Å². The van der Waals surface area contributed by atoms with Crippen molar-refractivity contribution in [1.82, 2.24) is 4.90 Å². The van der Waals surface area contributed by atoms with Crippen LogP contribution in [0.2, 0.25) is 0 Å². The van der Waals surface area contributed by atoms with Gasteiger partial charge < -0.3 is 9.64 Å². The Morgan fingerprint density at radius 3 is 2.19 bits per heavy atom. The van der Waals surface area contributed by atoms with Crippen molar-refractivity contribution in [1.29, 1.82) is 0 Å². The number of rotatable bonds is 1. The third-order valence-electron chi connectivity index (χ3n) is 3.97. The summed E-state index contributed by atoms with van der Waals surface area (Å²) in [5, 5.41) is 0. The molecule has 3 fully saturated rings. The molecule has 0 radical (unpaired) electrons. The maximum atomic E-state index is 12.8. The Labute approximate surface area is 92.7 Å². The summed E-state index contributed by atoms with van der Waals surface area (Å²) in [6.07, 6.45) is -0.586. The maximum Gasteiger partial charge on any atom is 0.250 e. The number of hydrogen-bond acceptors (Lipinski definition) is 2. The van der Waals surface area contributed by atoms with Crippen LogP contribution in [0.15, 0.2) is 0 Å². The molecule has 3 nitrogen and oxygen atoms in total. The number of nitrogens with zero attached hydrogens (tertiary/aromatic N) is 1. The van der Waals surface area contributed by atoms with Crippen LogP contribution >= 0.6 is 0 Å². The van der Waals surface area contributed by atoms with Crippen molar-refractivity contribution in [3.8, 4) is 0 Å². The van der Waals surface area contributed by atoms with E-state index < -0.39 is 11.3 Å². The van der Waals surface area contributed by atoms with Crippen LogP contribution in [0.3, 0.4) is 0 Å². The lowest BCUT2D eigenvalue weighted by Crippen LogP contribution is -2.70. The average Bonchev–Trinajstić information content (AvgIpc) is 1.94. The monoisotopic (exact) mass is 231 g/mol. The van der Waals surface area contributed by atoms with Crippen molar-refractivity contribution in [3.63, 3.8) is 0 Å². The highest BCUT2D eigenvalue weighted by molar-refractivity contribution is 5.84. The molecule has 0 N–H and O–H groups in total. The molecule has 2 saturated heterocycles. The van der Waals surface area contributed by atoms with Gasteiger partial charge in [-0.1, -0.05) is 6.92 Å². The first-order valence-electron chi connectivity index (χ1n) is 5.59. The van der Waals surface area contributed by atoms with Crippen molar-refractivity contribution in [2.45, 2.75) is 25.7 Å². The Kier molecular flexibility index (Phi) is 1.80. The fourth-order valence-corrected chi connectivity index (χ4v) is 3.10. The number of amides is 1. The van der Waals surface area contributed by atoms with E-state index in [0.29, 0.717) is 26.3 Å². The topological polar surface area (TPSA) is 29.5 Å². The minimum atomic E-state index is -2.63. The van der Waals surface area contributed by atoms with Gasteiger partial charge in [0, 0.05) is 25.9 Å². The summed E-state index contributed by atoms with van der Waals surface area (Å²) in [6, 6.07) is 0. The van der Waals surface area contributed by atoms with Crippen LogP contribution in [0.4, 0.5) is 8.78 Å². The van der Waals surface area contributed by atoms with Gasteiger partial charge in [-0.15, -0.1) is 0 Å². The van der Waals surface area contributed by atoms with E-state index in [2.05, 4.69) is 0 Å². The standard InChI is InChI=1S/C11H15F2NO2/c1-9(2-11(12,13)3-9)8(15)14-4-10(5-14)6-16-7-10/h2-7H2,1H3.